The number of nitrogens with one attached hydrogen (secondary N) is 1. The maximum absolute atomic E-state index is 12.9. The smallest absolute Gasteiger partial charge is 0.332 e. The predicted molar refractivity (Wildman–Crippen MR) is 119 cm³/mol. The van der Waals surface area contributed by atoms with Crippen LogP contribution in [-0.4, -0.2) is 66.8 Å². The third-order valence-corrected chi connectivity index (χ3v) is 5.23. The van der Waals surface area contributed by atoms with Gasteiger partial charge in [0.05, 0.1) is 13.7 Å². The molecule has 1 atom stereocenters. The molecule has 9 heteroatoms. The summed E-state index contributed by atoms with van der Waals surface area (Å²) in [5, 5.41) is 2.69. The minimum absolute atomic E-state index is 0.224. The summed E-state index contributed by atoms with van der Waals surface area (Å²) in [4.78, 5) is 53.9. The number of methoxy groups -OCH3 is 1. The highest BCUT2D eigenvalue weighted by atomic mass is 16.5. The number of anilines is 2. The van der Waals surface area contributed by atoms with Gasteiger partial charge in [-0.3, -0.25) is 24.2 Å². The average molecular weight is 438 g/mol. The van der Waals surface area contributed by atoms with Crippen LogP contribution in [0.4, 0.5) is 16.2 Å². The van der Waals surface area contributed by atoms with Crippen LogP contribution in [-0.2, 0) is 14.4 Å². The second-order valence-electron chi connectivity index (χ2n) is 7.61. The van der Waals surface area contributed by atoms with Crippen molar-refractivity contribution in [3.63, 3.8) is 0 Å². The number of urea groups is 1. The van der Waals surface area contributed by atoms with E-state index in [-0.39, 0.29) is 6.54 Å². The number of ether oxygens (including phenoxy) is 1. The molecule has 1 saturated heterocycles. The molecule has 0 aromatic heterocycles. The van der Waals surface area contributed by atoms with E-state index in [1.807, 2.05) is 19.1 Å². The van der Waals surface area contributed by atoms with Gasteiger partial charge in [0.15, 0.2) is 0 Å². The molecule has 1 aliphatic heterocycles. The number of carbonyl (C=O) groups excluding carboxylic acids is 4. The summed E-state index contributed by atoms with van der Waals surface area (Å²) in [5.74, 6) is -0.724. The molecule has 0 radical (unpaired) electrons. The molecule has 0 unspecified atom stereocenters. The number of rotatable bonds is 7. The Morgan fingerprint density at radius 2 is 1.69 bits per heavy atom. The van der Waals surface area contributed by atoms with E-state index in [0.29, 0.717) is 17.1 Å². The lowest BCUT2D eigenvalue weighted by molar-refractivity contribution is -0.137. The molecule has 1 aliphatic rings. The maximum atomic E-state index is 12.9. The summed E-state index contributed by atoms with van der Waals surface area (Å²) in [5.41, 5.74) is 2.17. The molecule has 9 nitrogen and oxygen atoms in total. The molecular formula is C23H26N4O5. The van der Waals surface area contributed by atoms with Crippen molar-refractivity contribution in [3.8, 4) is 5.75 Å². The Morgan fingerprint density at radius 1 is 1.06 bits per heavy atom. The molecule has 1 fully saturated rings. The summed E-state index contributed by atoms with van der Waals surface area (Å²) in [6.07, 6.45) is 0. The first-order valence-electron chi connectivity index (χ1n) is 10.1. The lowest BCUT2D eigenvalue weighted by Crippen LogP contribution is -2.44. The lowest BCUT2D eigenvalue weighted by atomic mass is 10.2. The fourth-order valence-corrected chi connectivity index (χ4v) is 3.35. The summed E-state index contributed by atoms with van der Waals surface area (Å²) in [6.45, 7) is 2.89. The van der Waals surface area contributed by atoms with Crippen molar-refractivity contribution in [2.24, 2.45) is 0 Å². The second kappa shape index (κ2) is 9.51. The van der Waals surface area contributed by atoms with Crippen LogP contribution in [0.15, 0.2) is 48.5 Å². The molecule has 0 spiro atoms. The Morgan fingerprint density at radius 3 is 2.28 bits per heavy atom. The van der Waals surface area contributed by atoms with Crippen molar-refractivity contribution in [1.29, 1.82) is 0 Å². The Bertz CT molecular complexity index is 1020. The number of likely N-dealkylation sites (N-methyl/N-ethyl adjacent to an activating group) is 1. The predicted octanol–water partition coefficient (Wildman–Crippen LogP) is 2.26. The van der Waals surface area contributed by atoms with E-state index in [9.17, 15) is 19.2 Å². The van der Waals surface area contributed by atoms with Crippen LogP contribution in [0, 0.1) is 6.92 Å². The van der Waals surface area contributed by atoms with Crippen LogP contribution >= 0.6 is 0 Å². The van der Waals surface area contributed by atoms with Crippen molar-refractivity contribution in [2.75, 3.05) is 37.5 Å². The van der Waals surface area contributed by atoms with Crippen molar-refractivity contribution < 1.29 is 23.9 Å². The average Bonchev–Trinajstić information content (AvgIpc) is 2.98. The normalized spacial score (nSPS) is 15.7. The number of carbonyl (C=O) groups is 4. The van der Waals surface area contributed by atoms with Gasteiger partial charge in [-0.1, -0.05) is 17.7 Å². The zero-order chi connectivity index (χ0) is 23.4. The first-order chi connectivity index (χ1) is 15.2. The van der Waals surface area contributed by atoms with E-state index >= 15 is 0 Å². The molecule has 0 bridgehead atoms. The fourth-order valence-electron chi connectivity index (χ4n) is 3.35. The monoisotopic (exact) mass is 438 g/mol. The van der Waals surface area contributed by atoms with Crippen molar-refractivity contribution in [3.05, 3.63) is 54.1 Å². The van der Waals surface area contributed by atoms with Crippen molar-refractivity contribution in [1.82, 2.24) is 9.80 Å². The van der Waals surface area contributed by atoms with Crippen molar-refractivity contribution in [2.45, 2.75) is 19.9 Å². The number of imide groups is 1. The van der Waals surface area contributed by atoms with E-state index in [2.05, 4.69) is 5.32 Å². The van der Waals surface area contributed by atoms with Gasteiger partial charge in [-0.25, -0.2) is 4.79 Å². The van der Waals surface area contributed by atoms with Crippen LogP contribution in [0.3, 0.4) is 0 Å². The third kappa shape index (κ3) is 4.88. The van der Waals surface area contributed by atoms with Gasteiger partial charge in [-0.2, -0.15) is 0 Å². The fraction of sp³-hybridized carbons (Fsp3) is 0.304. The Labute approximate surface area is 186 Å². The third-order valence-electron chi connectivity index (χ3n) is 5.23. The van der Waals surface area contributed by atoms with E-state index in [1.54, 1.807) is 50.4 Å². The highest BCUT2D eigenvalue weighted by molar-refractivity contribution is 6.15. The van der Waals surface area contributed by atoms with Crippen LogP contribution in [0.25, 0.3) is 0 Å². The molecule has 1 heterocycles. The van der Waals surface area contributed by atoms with Crippen LogP contribution in [0.1, 0.15) is 12.5 Å². The van der Waals surface area contributed by atoms with Gasteiger partial charge in [-0.15, -0.1) is 0 Å². The van der Waals surface area contributed by atoms with Gasteiger partial charge >= 0.3 is 6.03 Å². The Hall–Kier alpha value is -3.88. The SMILES string of the molecule is COc1ccc(NC(=O)CN(C)C(=O)CN2C(=O)[C@H](C)N(c3ccc(C)cc3)C2=O)cc1. The quantitative estimate of drug-likeness (QED) is 0.669. The van der Waals surface area contributed by atoms with Crippen LogP contribution < -0.4 is 15.0 Å². The number of hydrogen-bond donors (Lipinski definition) is 1. The zero-order valence-corrected chi connectivity index (χ0v) is 18.5. The highest BCUT2D eigenvalue weighted by Crippen LogP contribution is 2.26. The minimum atomic E-state index is -0.721. The van der Waals surface area contributed by atoms with Gasteiger partial charge in [0.1, 0.15) is 18.3 Å². The molecule has 2 aromatic rings. The van der Waals surface area contributed by atoms with Gasteiger partial charge < -0.3 is 15.0 Å². The van der Waals surface area contributed by atoms with Crippen molar-refractivity contribution >= 4 is 35.1 Å². The Balaban J connectivity index is 1.60. The Kier molecular flexibility index (Phi) is 6.77. The topological polar surface area (TPSA) is 99.3 Å². The number of benzene rings is 2. The summed E-state index contributed by atoms with van der Waals surface area (Å²) < 4.78 is 5.07. The van der Waals surface area contributed by atoms with Gasteiger partial charge in [-0.05, 0) is 50.2 Å². The standard InChI is InChI=1S/C23H26N4O5/c1-15-5-9-18(10-6-15)27-16(2)22(30)26(23(27)31)14-21(29)25(3)13-20(28)24-17-7-11-19(32-4)12-8-17/h5-12,16H,13-14H2,1-4H3,(H,24,28)/t16-/m0/s1. The molecule has 3 rings (SSSR count). The largest absolute Gasteiger partial charge is 0.497 e. The molecule has 168 valence electrons. The molecule has 0 saturated carbocycles. The second-order valence-corrected chi connectivity index (χ2v) is 7.61. The number of aryl methyl sites for hydroxylation is 1. The number of nitrogens with zero attached hydrogens (tertiary/aromatic N) is 3. The van der Waals surface area contributed by atoms with E-state index in [1.165, 1.54) is 16.8 Å². The molecule has 5 amide bonds. The first-order valence-corrected chi connectivity index (χ1v) is 10.1. The molecule has 2 aromatic carbocycles. The van der Waals surface area contributed by atoms with Gasteiger partial charge in [0, 0.05) is 18.4 Å². The van der Waals surface area contributed by atoms with Gasteiger partial charge in [0.2, 0.25) is 11.8 Å². The zero-order valence-electron chi connectivity index (χ0n) is 18.5. The first kappa shape index (κ1) is 22.8. The van der Waals surface area contributed by atoms with Crippen LogP contribution in [0.5, 0.6) is 5.75 Å². The molecule has 32 heavy (non-hydrogen) atoms. The van der Waals surface area contributed by atoms with Gasteiger partial charge in [0.25, 0.3) is 5.91 Å². The summed E-state index contributed by atoms with van der Waals surface area (Å²) >= 11 is 0. The number of amides is 5. The van der Waals surface area contributed by atoms with E-state index < -0.39 is 36.3 Å². The molecular weight excluding hydrogens is 412 g/mol. The maximum Gasteiger partial charge on any atom is 0.332 e. The minimum Gasteiger partial charge on any atom is -0.497 e. The number of hydrogen-bond acceptors (Lipinski definition) is 5. The summed E-state index contributed by atoms with van der Waals surface area (Å²) in [6, 6.07) is 12.7. The highest BCUT2D eigenvalue weighted by Gasteiger charge is 2.44. The molecule has 1 N–H and O–H groups in total. The lowest BCUT2D eigenvalue weighted by Gasteiger charge is -2.21. The van der Waals surface area contributed by atoms with E-state index in [4.69, 9.17) is 4.74 Å². The summed E-state index contributed by atoms with van der Waals surface area (Å²) in [7, 11) is 2.99. The van der Waals surface area contributed by atoms with Crippen LogP contribution in [0.2, 0.25) is 0 Å². The molecule has 0 aliphatic carbocycles. The van der Waals surface area contributed by atoms with E-state index in [0.717, 1.165) is 10.5 Å².